The Balaban J connectivity index is 2.17. The highest BCUT2D eigenvalue weighted by molar-refractivity contribution is 6.31. The van der Waals surface area contributed by atoms with E-state index in [1.54, 1.807) is 0 Å². The molecule has 0 spiro atoms. The lowest BCUT2D eigenvalue weighted by Crippen LogP contribution is -2.12. The number of phenols is 1. The Labute approximate surface area is 118 Å². The van der Waals surface area contributed by atoms with Gasteiger partial charge in [-0.15, -0.1) is 0 Å². The third kappa shape index (κ3) is 3.04. The van der Waals surface area contributed by atoms with E-state index in [0.29, 0.717) is 10.7 Å². The van der Waals surface area contributed by atoms with Crippen molar-refractivity contribution >= 4 is 29.2 Å². The van der Waals surface area contributed by atoms with Gasteiger partial charge in [0.25, 0.3) is 5.91 Å². The number of aromatic carboxylic acids is 1. The highest BCUT2D eigenvalue weighted by Crippen LogP contribution is 2.22. The molecule has 2 rings (SSSR count). The standard InChI is InChI=1S/C13H9ClN2O4/c14-7-1-3-9(11(17)5-7)12(18)16-8-2-4-10(13(19)20)15-6-8/h1-6,17H,(H,16,18)(H,19,20). The van der Waals surface area contributed by atoms with Crippen LogP contribution in [0.4, 0.5) is 5.69 Å². The van der Waals surface area contributed by atoms with Crippen LogP contribution >= 0.6 is 11.6 Å². The molecule has 3 N–H and O–H groups in total. The van der Waals surface area contributed by atoms with E-state index in [1.807, 2.05) is 0 Å². The molecule has 0 fully saturated rings. The van der Waals surface area contributed by atoms with Gasteiger partial charge in [0.1, 0.15) is 11.4 Å². The van der Waals surface area contributed by atoms with Gasteiger partial charge in [-0.1, -0.05) is 11.6 Å². The van der Waals surface area contributed by atoms with Gasteiger partial charge in [0.05, 0.1) is 17.4 Å². The number of carboxylic acid groups (broad SMARTS) is 1. The van der Waals surface area contributed by atoms with Gasteiger partial charge in [-0.05, 0) is 30.3 Å². The molecule has 20 heavy (non-hydrogen) atoms. The Bertz CT molecular complexity index is 671. The Morgan fingerprint density at radius 2 is 1.95 bits per heavy atom. The molecule has 0 radical (unpaired) electrons. The first-order valence-electron chi connectivity index (χ1n) is 5.46. The monoisotopic (exact) mass is 292 g/mol. The number of rotatable bonds is 3. The van der Waals surface area contributed by atoms with Crippen LogP contribution < -0.4 is 5.32 Å². The zero-order chi connectivity index (χ0) is 14.7. The minimum Gasteiger partial charge on any atom is -0.507 e. The van der Waals surface area contributed by atoms with E-state index < -0.39 is 11.9 Å². The van der Waals surface area contributed by atoms with E-state index in [9.17, 15) is 14.7 Å². The summed E-state index contributed by atoms with van der Waals surface area (Å²) in [7, 11) is 0. The molecule has 1 amide bonds. The average molecular weight is 293 g/mol. The van der Waals surface area contributed by atoms with Gasteiger partial charge in [0.2, 0.25) is 0 Å². The summed E-state index contributed by atoms with van der Waals surface area (Å²) in [5.41, 5.74) is 0.239. The molecule has 0 saturated carbocycles. The van der Waals surface area contributed by atoms with Crippen LogP contribution in [0.5, 0.6) is 5.75 Å². The van der Waals surface area contributed by atoms with Gasteiger partial charge in [-0.25, -0.2) is 9.78 Å². The van der Waals surface area contributed by atoms with Crippen molar-refractivity contribution < 1.29 is 19.8 Å². The fraction of sp³-hybridized carbons (Fsp3) is 0. The lowest BCUT2D eigenvalue weighted by molar-refractivity contribution is 0.0690. The van der Waals surface area contributed by atoms with Crippen LogP contribution in [0.15, 0.2) is 36.5 Å². The minimum absolute atomic E-state index is 0.0525. The van der Waals surface area contributed by atoms with Crippen molar-refractivity contribution in [3.05, 3.63) is 52.8 Å². The smallest absolute Gasteiger partial charge is 0.354 e. The maximum absolute atomic E-state index is 11.9. The normalized spacial score (nSPS) is 10.1. The Morgan fingerprint density at radius 1 is 1.20 bits per heavy atom. The van der Waals surface area contributed by atoms with Crippen molar-refractivity contribution in [3.8, 4) is 5.75 Å². The van der Waals surface area contributed by atoms with E-state index in [4.69, 9.17) is 16.7 Å². The molecule has 6 nitrogen and oxygen atoms in total. The number of hydrogen-bond donors (Lipinski definition) is 3. The molecule has 0 bridgehead atoms. The molecular weight excluding hydrogens is 284 g/mol. The summed E-state index contributed by atoms with van der Waals surface area (Å²) < 4.78 is 0. The van der Waals surface area contributed by atoms with Crippen molar-refractivity contribution in [2.45, 2.75) is 0 Å². The zero-order valence-corrected chi connectivity index (χ0v) is 10.8. The number of carbonyl (C=O) groups excluding carboxylic acids is 1. The largest absolute Gasteiger partial charge is 0.507 e. The number of pyridine rings is 1. The number of benzene rings is 1. The zero-order valence-electron chi connectivity index (χ0n) is 10.0. The van der Waals surface area contributed by atoms with E-state index in [0.717, 1.165) is 0 Å². The molecule has 1 heterocycles. The Morgan fingerprint density at radius 3 is 2.50 bits per heavy atom. The van der Waals surface area contributed by atoms with Crippen LogP contribution in [0, 0.1) is 0 Å². The SMILES string of the molecule is O=C(O)c1ccc(NC(=O)c2ccc(Cl)cc2O)cn1. The minimum atomic E-state index is -1.15. The van der Waals surface area contributed by atoms with Crippen molar-refractivity contribution in [1.82, 2.24) is 4.98 Å². The first-order chi connectivity index (χ1) is 9.47. The molecule has 0 aliphatic rings. The molecule has 102 valence electrons. The number of amides is 1. The van der Waals surface area contributed by atoms with Crippen LogP contribution in [0.2, 0.25) is 5.02 Å². The van der Waals surface area contributed by atoms with Crippen molar-refractivity contribution in [2.24, 2.45) is 0 Å². The van der Waals surface area contributed by atoms with Gasteiger partial charge in [-0.3, -0.25) is 4.79 Å². The molecule has 2 aromatic rings. The number of anilines is 1. The fourth-order valence-corrected chi connectivity index (χ4v) is 1.66. The number of aromatic hydroxyl groups is 1. The fourth-order valence-electron chi connectivity index (χ4n) is 1.49. The van der Waals surface area contributed by atoms with E-state index in [1.165, 1.54) is 36.5 Å². The summed E-state index contributed by atoms with van der Waals surface area (Å²) in [5, 5.41) is 21.1. The van der Waals surface area contributed by atoms with E-state index in [2.05, 4.69) is 10.3 Å². The summed E-state index contributed by atoms with van der Waals surface area (Å²) >= 11 is 5.67. The third-order valence-electron chi connectivity index (χ3n) is 2.44. The van der Waals surface area contributed by atoms with Gasteiger partial charge < -0.3 is 15.5 Å². The highest BCUT2D eigenvalue weighted by atomic mass is 35.5. The van der Waals surface area contributed by atoms with Crippen LogP contribution in [0.25, 0.3) is 0 Å². The van der Waals surface area contributed by atoms with Gasteiger partial charge in [0.15, 0.2) is 0 Å². The first-order valence-corrected chi connectivity index (χ1v) is 5.84. The number of nitrogens with one attached hydrogen (secondary N) is 1. The summed E-state index contributed by atoms with van der Waals surface area (Å²) in [5.74, 6) is -1.95. The molecule has 0 aliphatic carbocycles. The maximum atomic E-state index is 11.9. The number of phenolic OH excluding ortho intramolecular Hbond substituents is 1. The van der Waals surface area contributed by atoms with Crippen molar-refractivity contribution in [1.29, 1.82) is 0 Å². The molecule has 0 atom stereocenters. The average Bonchev–Trinajstić information content (AvgIpc) is 2.39. The van der Waals surface area contributed by atoms with Crippen LogP contribution in [-0.4, -0.2) is 27.1 Å². The number of nitrogens with zero attached hydrogens (tertiary/aromatic N) is 1. The van der Waals surface area contributed by atoms with E-state index >= 15 is 0 Å². The summed E-state index contributed by atoms with van der Waals surface area (Å²) in [6.07, 6.45) is 1.22. The second-order valence-corrected chi connectivity index (χ2v) is 4.29. The Hall–Kier alpha value is -2.60. The highest BCUT2D eigenvalue weighted by Gasteiger charge is 2.12. The van der Waals surface area contributed by atoms with Crippen LogP contribution in [0.1, 0.15) is 20.8 Å². The number of carboxylic acids is 1. The second kappa shape index (κ2) is 5.58. The molecule has 0 saturated heterocycles. The van der Waals surface area contributed by atoms with Crippen LogP contribution in [0.3, 0.4) is 0 Å². The lowest BCUT2D eigenvalue weighted by atomic mass is 10.2. The van der Waals surface area contributed by atoms with Gasteiger partial charge >= 0.3 is 5.97 Å². The molecule has 0 aliphatic heterocycles. The topological polar surface area (TPSA) is 99.5 Å². The molecule has 1 aromatic carbocycles. The maximum Gasteiger partial charge on any atom is 0.354 e. The first kappa shape index (κ1) is 13.8. The Kier molecular flexibility index (Phi) is 3.86. The number of carbonyl (C=O) groups is 2. The van der Waals surface area contributed by atoms with E-state index in [-0.39, 0.29) is 17.0 Å². The second-order valence-electron chi connectivity index (χ2n) is 3.85. The molecule has 7 heteroatoms. The predicted octanol–water partition coefficient (Wildman–Crippen LogP) is 2.39. The van der Waals surface area contributed by atoms with Crippen LogP contribution in [-0.2, 0) is 0 Å². The summed E-state index contributed by atoms with van der Waals surface area (Å²) in [6, 6.07) is 6.78. The van der Waals surface area contributed by atoms with Gasteiger partial charge in [0, 0.05) is 5.02 Å². The number of hydrogen-bond acceptors (Lipinski definition) is 4. The van der Waals surface area contributed by atoms with Crippen molar-refractivity contribution in [2.75, 3.05) is 5.32 Å². The van der Waals surface area contributed by atoms with Gasteiger partial charge in [-0.2, -0.15) is 0 Å². The third-order valence-corrected chi connectivity index (χ3v) is 2.68. The predicted molar refractivity (Wildman–Crippen MR) is 72.3 cm³/mol. The summed E-state index contributed by atoms with van der Waals surface area (Å²) in [4.78, 5) is 26.2. The molecular formula is C13H9ClN2O4. The number of halogens is 1. The lowest BCUT2D eigenvalue weighted by Gasteiger charge is -2.07. The number of aromatic nitrogens is 1. The molecule has 1 aromatic heterocycles. The quantitative estimate of drug-likeness (QED) is 0.806. The molecule has 0 unspecified atom stereocenters. The summed E-state index contributed by atoms with van der Waals surface area (Å²) in [6.45, 7) is 0. The van der Waals surface area contributed by atoms with Crippen molar-refractivity contribution in [3.63, 3.8) is 0 Å².